The van der Waals surface area contributed by atoms with E-state index in [1.165, 1.54) is 30.3 Å². The summed E-state index contributed by atoms with van der Waals surface area (Å²) < 4.78 is 27.5. The minimum Gasteiger partial charge on any atom is -0.382 e. The summed E-state index contributed by atoms with van der Waals surface area (Å²) in [5, 5.41) is 5.26. The molecule has 0 bridgehead atoms. The molecule has 0 fully saturated rings. The predicted octanol–water partition coefficient (Wildman–Crippen LogP) is 3.96. The third-order valence-corrected chi connectivity index (χ3v) is 2.98. The van der Waals surface area contributed by atoms with Gasteiger partial charge in [-0.05, 0) is 43.7 Å². The highest BCUT2D eigenvalue weighted by Crippen LogP contribution is 2.22. The number of benzene rings is 2. The summed E-state index contributed by atoms with van der Waals surface area (Å²) in [6, 6.07) is 8.69. The molecule has 0 atom stereocenters. The molecule has 2 N–H and O–H groups in total. The molecule has 2 rings (SSSR count). The molecule has 0 spiro atoms. The number of nitrogens with one attached hydrogen (secondary N) is 2. The number of anilines is 2. The molecule has 5 heteroatoms. The number of aryl methyl sites for hydroxylation is 1. The van der Waals surface area contributed by atoms with Gasteiger partial charge in [0.1, 0.15) is 11.6 Å². The molecule has 0 aromatic heterocycles. The first-order valence-corrected chi connectivity index (χ1v) is 6.62. The highest BCUT2D eigenvalue weighted by molar-refractivity contribution is 6.08. The lowest BCUT2D eigenvalue weighted by atomic mass is 10.1. The van der Waals surface area contributed by atoms with Crippen molar-refractivity contribution in [3.8, 4) is 0 Å². The Bertz CT molecular complexity index is 671. The van der Waals surface area contributed by atoms with Gasteiger partial charge >= 0.3 is 0 Å². The normalized spacial score (nSPS) is 10.3. The summed E-state index contributed by atoms with van der Waals surface area (Å²) in [5.74, 6) is -1.60. The lowest BCUT2D eigenvalue weighted by molar-refractivity contribution is 0.102. The molecule has 2 aromatic carbocycles. The van der Waals surface area contributed by atoms with Gasteiger partial charge in [0.05, 0.1) is 16.9 Å². The van der Waals surface area contributed by atoms with Crippen molar-refractivity contribution in [3.63, 3.8) is 0 Å². The second-order valence-electron chi connectivity index (χ2n) is 4.63. The third kappa shape index (κ3) is 3.37. The first-order chi connectivity index (χ1) is 10.0. The largest absolute Gasteiger partial charge is 0.382 e. The summed E-state index contributed by atoms with van der Waals surface area (Å²) in [7, 11) is 0. The van der Waals surface area contributed by atoms with Crippen LogP contribution in [0.4, 0.5) is 20.2 Å². The SMILES string of the molecule is CCNc1c(F)cccc1C(=O)Nc1ccc(C)cc1F. The number of carbonyl (C=O) groups is 1. The number of halogens is 2. The molecule has 0 radical (unpaired) electrons. The van der Waals surface area contributed by atoms with Crippen LogP contribution in [-0.2, 0) is 0 Å². The molecule has 110 valence electrons. The number of para-hydroxylation sites is 1. The number of amides is 1. The van der Waals surface area contributed by atoms with Crippen molar-refractivity contribution in [3.05, 3.63) is 59.2 Å². The zero-order chi connectivity index (χ0) is 15.4. The second-order valence-corrected chi connectivity index (χ2v) is 4.63. The van der Waals surface area contributed by atoms with Gasteiger partial charge in [0.15, 0.2) is 0 Å². The molecule has 2 aromatic rings. The summed E-state index contributed by atoms with van der Waals surface area (Å²) in [4.78, 5) is 12.2. The first kappa shape index (κ1) is 15.0. The molecule has 0 heterocycles. The molecule has 0 saturated heterocycles. The number of carbonyl (C=O) groups excluding carboxylic acids is 1. The minimum absolute atomic E-state index is 0.0670. The van der Waals surface area contributed by atoms with Crippen LogP contribution in [0.25, 0.3) is 0 Å². The first-order valence-electron chi connectivity index (χ1n) is 6.62. The van der Waals surface area contributed by atoms with Crippen molar-refractivity contribution < 1.29 is 13.6 Å². The van der Waals surface area contributed by atoms with Gasteiger partial charge in [0.25, 0.3) is 5.91 Å². The van der Waals surface area contributed by atoms with Crippen LogP contribution in [0, 0.1) is 18.6 Å². The molecule has 0 saturated carbocycles. The third-order valence-electron chi connectivity index (χ3n) is 2.98. The molecular weight excluding hydrogens is 274 g/mol. The number of hydrogen-bond donors (Lipinski definition) is 2. The maximum Gasteiger partial charge on any atom is 0.257 e. The van der Waals surface area contributed by atoms with Crippen LogP contribution in [0.2, 0.25) is 0 Å². The topological polar surface area (TPSA) is 41.1 Å². The quantitative estimate of drug-likeness (QED) is 0.895. The van der Waals surface area contributed by atoms with Gasteiger partial charge in [0, 0.05) is 6.54 Å². The Morgan fingerprint density at radius 3 is 2.57 bits per heavy atom. The lowest BCUT2D eigenvalue weighted by Crippen LogP contribution is -2.16. The van der Waals surface area contributed by atoms with Crippen LogP contribution in [-0.4, -0.2) is 12.5 Å². The average molecular weight is 290 g/mol. The monoisotopic (exact) mass is 290 g/mol. The highest BCUT2D eigenvalue weighted by Gasteiger charge is 2.16. The Balaban J connectivity index is 2.30. The molecule has 0 aliphatic rings. The molecule has 21 heavy (non-hydrogen) atoms. The minimum atomic E-state index is -0.562. The molecule has 0 aliphatic heterocycles. The van der Waals surface area contributed by atoms with E-state index in [0.717, 1.165) is 5.56 Å². The maximum atomic E-state index is 13.8. The summed E-state index contributed by atoms with van der Waals surface area (Å²) >= 11 is 0. The van der Waals surface area contributed by atoms with Crippen LogP contribution in [0.3, 0.4) is 0 Å². The van der Waals surface area contributed by atoms with Crippen LogP contribution >= 0.6 is 0 Å². The van der Waals surface area contributed by atoms with Crippen molar-refractivity contribution in [2.45, 2.75) is 13.8 Å². The zero-order valence-electron chi connectivity index (χ0n) is 11.8. The second kappa shape index (κ2) is 6.35. The lowest BCUT2D eigenvalue weighted by Gasteiger charge is -2.12. The molecule has 1 amide bonds. The van der Waals surface area contributed by atoms with Crippen molar-refractivity contribution >= 4 is 17.3 Å². The van der Waals surface area contributed by atoms with Gasteiger partial charge < -0.3 is 10.6 Å². The molecule has 3 nitrogen and oxygen atoms in total. The highest BCUT2D eigenvalue weighted by atomic mass is 19.1. The van der Waals surface area contributed by atoms with Crippen molar-refractivity contribution in [1.82, 2.24) is 0 Å². The standard InChI is InChI=1S/C16H16F2N2O/c1-3-19-15-11(5-4-6-12(15)17)16(21)20-14-8-7-10(2)9-13(14)18/h4-9,19H,3H2,1-2H3,(H,20,21). The van der Waals surface area contributed by atoms with Gasteiger partial charge in [-0.15, -0.1) is 0 Å². The van der Waals surface area contributed by atoms with E-state index in [9.17, 15) is 13.6 Å². The summed E-state index contributed by atoms with van der Waals surface area (Å²) in [6.45, 7) is 4.03. The Kier molecular flexibility index (Phi) is 4.52. The Labute approximate surface area is 122 Å². The van der Waals surface area contributed by atoms with E-state index in [2.05, 4.69) is 10.6 Å². The van der Waals surface area contributed by atoms with E-state index < -0.39 is 17.5 Å². The smallest absolute Gasteiger partial charge is 0.257 e. The van der Waals surface area contributed by atoms with Gasteiger partial charge in [-0.1, -0.05) is 12.1 Å². The van der Waals surface area contributed by atoms with Crippen molar-refractivity contribution in [1.29, 1.82) is 0 Å². The van der Waals surface area contributed by atoms with E-state index in [0.29, 0.717) is 6.54 Å². The van der Waals surface area contributed by atoms with Gasteiger partial charge in [-0.25, -0.2) is 8.78 Å². The van der Waals surface area contributed by atoms with Gasteiger partial charge in [-0.3, -0.25) is 4.79 Å². The molecule has 0 unspecified atom stereocenters. The van der Waals surface area contributed by atoms with Gasteiger partial charge in [-0.2, -0.15) is 0 Å². The number of rotatable bonds is 4. The number of hydrogen-bond acceptors (Lipinski definition) is 2. The van der Waals surface area contributed by atoms with E-state index in [1.54, 1.807) is 19.9 Å². The summed E-state index contributed by atoms with van der Waals surface area (Å²) in [6.07, 6.45) is 0. The van der Waals surface area contributed by atoms with Crippen molar-refractivity contribution in [2.24, 2.45) is 0 Å². The molecular formula is C16H16F2N2O. The van der Waals surface area contributed by atoms with E-state index in [1.807, 2.05) is 0 Å². The van der Waals surface area contributed by atoms with Crippen molar-refractivity contribution in [2.75, 3.05) is 17.2 Å². The van der Waals surface area contributed by atoms with E-state index >= 15 is 0 Å². The van der Waals surface area contributed by atoms with Crippen LogP contribution < -0.4 is 10.6 Å². The zero-order valence-corrected chi connectivity index (χ0v) is 11.8. The average Bonchev–Trinajstić information content (AvgIpc) is 2.44. The summed E-state index contributed by atoms with van der Waals surface area (Å²) in [5.41, 5.74) is 1.07. The fraction of sp³-hybridized carbons (Fsp3) is 0.188. The maximum absolute atomic E-state index is 13.8. The van der Waals surface area contributed by atoms with Crippen LogP contribution in [0.5, 0.6) is 0 Å². The van der Waals surface area contributed by atoms with Crippen LogP contribution in [0.1, 0.15) is 22.8 Å². The fourth-order valence-electron chi connectivity index (χ4n) is 1.98. The predicted molar refractivity (Wildman–Crippen MR) is 79.7 cm³/mol. The van der Waals surface area contributed by atoms with E-state index in [-0.39, 0.29) is 16.9 Å². The Morgan fingerprint density at radius 1 is 1.14 bits per heavy atom. The van der Waals surface area contributed by atoms with Crippen LogP contribution in [0.15, 0.2) is 36.4 Å². The van der Waals surface area contributed by atoms with E-state index in [4.69, 9.17) is 0 Å². The molecule has 0 aliphatic carbocycles. The Morgan fingerprint density at radius 2 is 1.90 bits per heavy atom. The van der Waals surface area contributed by atoms with Gasteiger partial charge in [0.2, 0.25) is 0 Å². The Hall–Kier alpha value is -2.43. The fourth-order valence-corrected chi connectivity index (χ4v) is 1.98.